The van der Waals surface area contributed by atoms with E-state index in [1.807, 2.05) is 0 Å². The van der Waals surface area contributed by atoms with E-state index in [4.69, 9.17) is 14.2 Å². The van der Waals surface area contributed by atoms with Crippen LogP contribution in [0.3, 0.4) is 0 Å². The van der Waals surface area contributed by atoms with Crippen LogP contribution in [0.2, 0.25) is 0 Å². The van der Waals surface area contributed by atoms with Crippen molar-refractivity contribution in [1.29, 1.82) is 0 Å². The lowest BCUT2D eigenvalue weighted by Gasteiger charge is -2.18. The number of unbranched alkanes of at least 4 members (excludes halogenated alkanes) is 19. The van der Waals surface area contributed by atoms with Crippen molar-refractivity contribution >= 4 is 17.9 Å². The normalized spacial score (nSPS) is 12.9. The zero-order valence-corrected chi connectivity index (χ0v) is 43.4. The molecule has 0 radical (unpaired) electrons. The molecule has 0 heterocycles. The molecule has 0 saturated carbocycles. The lowest BCUT2D eigenvalue weighted by molar-refractivity contribution is -0.167. The number of rotatable bonds is 48. The molecule has 67 heavy (non-hydrogen) atoms. The maximum absolute atomic E-state index is 12.8. The molecular weight excluding hydrogens is 829 g/mol. The Labute approximate surface area is 412 Å². The summed E-state index contributed by atoms with van der Waals surface area (Å²) in [4.78, 5) is 38.0. The van der Waals surface area contributed by atoms with Gasteiger partial charge in [0.1, 0.15) is 13.2 Å². The summed E-state index contributed by atoms with van der Waals surface area (Å²) in [5, 5.41) is 0. The fourth-order valence-electron chi connectivity index (χ4n) is 7.13. The van der Waals surface area contributed by atoms with Gasteiger partial charge in [-0.25, -0.2) is 0 Å². The summed E-state index contributed by atoms with van der Waals surface area (Å²) in [7, 11) is 0. The van der Waals surface area contributed by atoms with Crippen LogP contribution in [-0.2, 0) is 28.6 Å². The summed E-state index contributed by atoms with van der Waals surface area (Å²) in [5.74, 6) is -0.938. The Balaban J connectivity index is 4.38. The molecule has 0 fully saturated rings. The first-order valence-corrected chi connectivity index (χ1v) is 27.4. The van der Waals surface area contributed by atoms with Crippen LogP contribution in [0, 0.1) is 0 Å². The molecule has 0 saturated heterocycles. The fourth-order valence-corrected chi connectivity index (χ4v) is 7.13. The van der Waals surface area contributed by atoms with Crippen LogP contribution in [0.15, 0.2) is 109 Å². The summed E-state index contributed by atoms with van der Waals surface area (Å²) in [6.45, 7) is 6.35. The molecule has 0 aliphatic heterocycles. The zero-order valence-electron chi connectivity index (χ0n) is 43.4. The molecule has 1 unspecified atom stereocenters. The predicted octanol–water partition coefficient (Wildman–Crippen LogP) is 18.3. The van der Waals surface area contributed by atoms with Crippen molar-refractivity contribution in [3.8, 4) is 0 Å². The van der Waals surface area contributed by atoms with E-state index >= 15 is 0 Å². The highest BCUT2D eigenvalue weighted by molar-refractivity contribution is 5.71. The van der Waals surface area contributed by atoms with Gasteiger partial charge in [-0.3, -0.25) is 14.4 Å². The van der Waals surface area contributed by atoms with E-state index in [0.29, 0.717) is 19.3 Å². The minimum absolute atomic E-state index is 0.0961. The van der Waals surface area contributed by atoms with Crippen LogP contribution in [0.25, 0.3) is 0 Å². The number of ether oxygens (including phenoxy) is 3. The molecule has 0 amide bonds. The Morgan fingerprint density at radius 2 is 0.582 bits per heavy atom. The molecule has 0 aromatic carbocycles. The third-order valence-electron chi connectivity index (χ3n) is 11.2. The number of carbonyl (C=O) groups is 3. The second-order valence-corrected chi connectivity index (χ2v) is 17.7. The van der Waals surface area contributed by atoms with Crippen molar-refractivity contribution in [3.05, 3.63) is 109 Å². The number of allylic oxidation sites excluding steroid dienone is 18. The van der Waals surface area contributed by atoms with Gasteiger partial charge >= 0.3 is 17.9 Å². The molecule has 0 rings (SSSR count). The van der Waals surface area contributed by atoms with Gasteiger partial charge in [0.25, 0.3) is 0 Å². The Morgan fingerprint density at radius 1 is 0.313 bits per heavy atom. The number of carbonyl (C=O) groups excluding carboxylic acids is 3. The average Bonchev–Trinajstić information content (AvgIpc) is 3.33. The van der Waals surface area contributed by atoms with Crippen LogP contribution >= 0.6 is 0 Å². The lowest BCUT2D eigenvalue weighted by Crippen LogP contribution is -2.30. The Bertz CT molecular complexity index is 1390. The van der Waals surface area contributed by atoms with E-state index in [2.05, 4.69) is 130 Å². The van der Waals surface area contributed by atoms with E-state index in [9.17, 15) is 14.4 Å². The largest absolute Gasteiger partial charge is 0.462 e. The Kier molecular flexibility index (Phi) is 51.5. The topological polar surface area (TPSA) is 78.9 Å². The fraction of sp³-hybridized carbons (Fsp3) is 0.656. The van der Waals surface area contributed by atoms with Gasteiger partial charge in [-0.1, -0.05) is 214 Å². The highest BCUT2D eigenvalue weighted by Gasteiger charge is 2.19. The number of esters is 3. The SMILES string of the molecule is CC/C=C\C/C=C\C/C=C\C/C=C\C/C=C\CCCCCCCCCC(=O)OCC(COC(=O)CCCCCCC/C=C\C/C=C\CCC)OC(=O)CCCCCCC/C=C\C/C=C\CCC. The third-order valence-corrected chi connectivity index (χ3v) is 11.2. The van der Waals surface area contributed by atoms with Crippen LogP contribution < -0.4 is 0 Å². The van der Waals surface area contributed by atoms with Gasteiger partial charge in [0.2, 0.25) is 0 Å². The first-order chi connectivity index (χ1) is 33.0. The average molecular weight is 929 g/mol. The molecule has 0 aromatic rings. The van der Waals surface area contributed by atoms with Crippen LogP contribution in [-0.4, -0.2) is 37.2 Å². The van der Waals surface area contributed by atoms with Gasteiger partial charge in [-0.15, -0.1) is 0 Å². The monoisotopic (exact) mass is 929 g/mol. The van der Waals surface area contributed by atoms with Crippen molar-refractivity contribution in [1.82, 2.24) is 0 Å². The van der Waals surface area contributed by atoms with Gasteiger partial charge in [0, 0.05) is 19.3 Å². The van der Waals surface area contributed by atoms with Crippen molar-refractivity contribution in [3.63, 3.8) is 0 Å². The van der Waals surface area contributed by atoms with Crippen molar-refractivity contribution in [2.24, 2.45) is 0 Å². The number of hydrogen-bond acceptors (Lipinski definition) is 6. The van der Waals surface area contributed by atoms with Gasteiger partial charge in [0.15, 0.2) is 6.10 Å². The van der Waals surface area contributed by atoms with Gasteiger partial charge in [-0.05, 0) is 116 Å². The van der Waals surface area contributed by atoms with Crippen molar-refractivity contribution in [2.45, 2.75) is 245 Å². The molecular formula is C61H100O6. The molecule has 6 nitrogen and oxygen atoms in total. The summed E-state index contributed by atoms with van der Waals surface area (Å²) in [6.07, 6.45) is 73.6. The smallest absolute Gasteiger partial charge is 0.306 e. The van der Waals surface area contributed by atoms with E-state index in [0.717, 1.165) is 161 Å². The summed E-state index contributed by atoms with van der Waals surface area (Å²) in [6, 6.07) is 0. The van der Waals surface area contributed by atoms with Crippen molar-refractivity contribution < 1.29 is 28.6 Å². The second kappa shape index (κ2) is 54.7. The first kappa shape index (κ1) is 63.1. The third kappa shape index (κ3) is 52.9. The zero-order chi connectivity index (χ0) is 48.6. The molecule has 0 spiro atoms. The van der Waals surface area contributed by atoms with E-state index in [1.54, 1.807) is 0 Å². The maximum Gasteiger partial charge on any atom is 0.306 e. The molecule has 380 valence electrons. The second-order valence-electron chi connectivity index (χ2n) is 17.7. The highest BCUT2D eigenvalue weighted by atomic mass is 16.6. The van der Waals surface area contributed by atoms with E-state index in [1.165, 1.54) is 38.5 Å². The van der Waals surface area contributed by atoms with Crippen LogP contribution in [0.4, 0.5) is 0 Å². The summed E-state index contributed by atoms with van der Waals surface area (Å²) in [5.41, 5.74) is 0. The minimum atomic E-state index is -0.797. The van der Waals surface area contributed by atoms with E-state index in [-0.39, 0.29) is 31.1 Å². The van der Waals surface area contributed by atoms with Gasteiger partial charge in [-0.2, -0.15) is 0 Å². The van der Waals surface area contributed by atoms with Crippen LogP contribution in [0.5, 0.6) is 0 Å². The van der Waals surface area contributed by atoms with Gasteiger partial charge in [0.05, 0.1) is 0 Å². The molecule has 0 aliphatic rings. The molecule has 0 aliphatic carbocycles. The first-order valence-electron chi connectivity index (χ1n) is 27.4. The Hall–Kier alpha value is -3.93. The predicted molar refractivity (Wildman–Crippen MR) is 288 cm³/mol. The lowest BCUT2D eigenvalue weighted by atomic mass is 10.1. The number of hydrogen-bond donors (Lipinski definition) is 0. The quantitative estimate of drug-likeness (QED) is 0.0262. The Morgan fingerprint density at radius 3 is 0.910 bits per heavy atom. The van der Waals surface area contributed by atoms with Crippen molar-refractivity contribution in [2.75, 3.05) is 13.2 Å². The van der Waals surface area contributed by atoms with E-state index < -0.39 is 6.10 Å². The highest BCUT2D eigenvalue weighted by Crippen LogP contribution is 2.14. The van der Waals surface area contributed by atoms with Crippen LogP contribution in [0.1, 0.15) is 239 Å². The summed E-state index contributed by atoms with van der Waals surface area (Å²) < 4.78 is 16.8. The molecule has 1 atom stereocenters. The standard InChI is InChI=1S/C61H100O6/c1-4-7-10-13-16-19-22-25-26-27-28-29-30-31-32-33-34-37-39-42-45-48-51-54-60(63)66-57-58(67-61(64)55-52-49-46-43-40-36-24-21-18-15-12-9-6-3)56-65-59(62)53-50-47-44-41-38-35-23-20-17-14-11-8-5-2/h7,10-12,14-16,19-21,23-26,28-29,31-32,58H,4-6,8-9,13,17-18,22,27,30,33-57H2,1-3H3/b10-7-,14-11-,15-12-,19-16-,23-20-,24-21-,26-25-,29-28-,32-31-. The molecule has 6 heteroatoms. The molecule has 0 aromatic heterocycles. The minimum Gasteiger partial charge on any atom is -0.462 e. The molecule has 0 N–H and O–H groups in total. The molecule has 0 bridgehead atoms. The van der Waals surface area contributed by atoms with Gasteiger partial charge < -0.3 is 14.2 Å². The summed E-state index contributed by atoms with van der Waals surface area (Å²) >= 11 is 0. The maximum atomic E-state index is 12.8.